The van der Waals surface area contributed by atoms with Crippen molar-refractivity contribution in [2.45, 2.75) is 11.9 Å². The molecule has 0 N–H and O–H groups in total. The Bertz CT molecular complexity index is 513. The summed E-state index contributed by atoms with van der Waals surface area (Å²) in [7, 11) is 0. The van der Waals surface area contributed by atoms with E-state index in [1.54, 1.807) is 11.3 Å². The Morgan fingerprint density at radius 3 is 2.71 bits per heavy atom. The fourth-order valence-corrected chi connectivity index (χ4v) is 3.48. The van der Waals surface area contributed by atoms with Crippen LogP contribution >= 0.6 is 54.8 Å². The van der Waals surface area contributed by atoms with Gasteiger partial charge in [-0.05, 0) is 34.1 Å². The van der Waals surface area contributed by atoms with Crippen molar-refractivity contribution in [3.8, 4) is 5.75 Å². The number of thiophene rings is 1. The average molecular weight is 397 g/mol. The van der Waals surface area contributed by atoms with Gasteiger partial charge in [0, 0.05) is 15.8 Å². The van der Waals surface area contributed by atoms with Gasteiger partial charge < -0.3 is 4.74 Å². The third-order valence-corrected chi connectivity index (χ3v) is 4.68. The highest BCUT2D eigenvalue weighted by Crippen LogP contribution is 2.31. The predicted octanol–water partition coefficient (Wildman–Crippen LogP) is 5.64. The lowest BCUT2D eigenvalue weighted by molar-refractivity contribution is 0.307. The van der Waals surface area contributed by atoms with Gasteiger partial charge in [0.25, 0.3) is 0 Å². The summed E-state index contributed by atoms with van der Waals surface area (Å²) in [5.74, 6) is 0.760. The molecule has 2 rings (SSSR count). The summed E-state index contributed by atoms with van der Waals surface area (Å²) in [6, 6.07) is 9.82. The molecule has 0 aliphatic rings. The summed E-state index contributed by atoms with van der Waals surface area (Å²) in [5, 5.41) is 1.38. The van der Waals surface area contributed by atoms with Crippen LogP contribution in [0.25, 0.3) is 0 Å². The summed E-state index contributed by atoms with van der Waals surface area (Å²) in [4.78, 5) is 1.16. The smallest absolute Gasteiger partial charge is 0.142 e. The summed E-state index contributed by atoms with van der Waals surface area (Å²) in [5.41, 5.74) is 1.06. The monoisotopic (exact) mass is 394 g/mol. The number of hydrogen-bond acceptors (Lipinski definition) is 2. The van der Waals surface area contributed by atoms with Crippen molar-refractivity contribution in [1.29, 1.82) is 0 Å². The second-order valence-corrected chi connectivity index (χ2v) is 6.87. The molecule has 90 valence electrons. The van der Waals surface area contributed by atoms with E-state index in [1.807, 2.05) is 30.3 Å². The van der Waals surface area contributed by atoms with Gasteiger partial charge in [0.2, 0.25) is 0 Å². The van der Waals surface area contributed by atoms with Gasteiger partial charge >= 0.3 is 0 Å². The highest BCUT2D eigenvalue weighted by molar-refractivity contribution is 9.11. The van der Waals surface area contributed by atoms with Crippen LogP contribution in [0.1, 0.15) is 10.4 Å². The topological polar surface area (TPSA) is 9.23 Å². The normalized spacial score (nSPS) is 10.5. The number of para-hydroxylation sites is 1. The zero-order valence-corrected chi connectivity index (χ0v) is 13.5. The maximum absolute atomic E-state index is 6.13. The highest BCUT2D eigenvalue weighted by Gasteiger charge is 2.08. The molecule has 5 heteroatoms. The second kappa shape index (κ2) is 6.23. The van der Waals surface area contributed by atoms with E-state index in [-0.39, 0.29) is 0 Å². The lowest BCUT2D eigenvalue weighted by atomic mass is 10.2. The lowest BCUT2D eigenvalue weighted by Gasteiger charge is -2.10. The van der Waals surface area contributed by atoms with Crippen LogP contribution in [0.5, 0.6) is 5.75 Å². The highest BCUT2D eigenvalue weighted by atomic mass is 79.9. The quantitative estimate of drug-likeness (QED) is 0.608. The molecule has 1 heterocycles. The fraction of sp³-hybridized carbons (Fsp3) is 0.167. The molecule has 0 amide bonds. The van der Waals surface area contributed by atoms with Crippen molar-refractivity contribution in [1.82, 2.24) is 0 Å². The van der Waals surface area contributed by atoms with Crippen LogP contribution in [-0.2, 0) is 11.9 Å². The first-order valence-electron chi connectivity index (χ1n) is 4.91. The van der Waals surface area contributed by atoms with E-state index in [4.69, 9.17) is 16.3 Å². The molecule has 0 radical (unpaired) electrons. The van der Waals surface area contributed by atoms with Gasteiger partial charge in [0.1, 0.15) is 12.4 Å². The molecular weight excluding hydrogens is 387 g/mol. The Morgan fingerprint density at radius 2 is 2.06 bits per heavy atom. The minimum atomic E-state index is 0.542. The molecular formula is C12H9Br2ClOS. The van der Waals surface area contributed by atoms with Gasteiger partial charge in [0.15, 0.2) is 0 Å². The van der Waals surface area contributed by atoms with Gasteiger partial charge in [-0.15, -0.1) is 11.3 Å². The Morgan fingerprint density at radius 1 is 1.24 bits per heavy atom. The zero-order valence-electron chi connectivity index (χ0n) is 8.75. The zero-order chi connectivity index (χ0) is 12.3. The SMILES string of the molecule is Clc1cccc(CBr)c1OCc1ccc(Br)s1. The van der Waals surface area contributed by atoms with Gasteiger partial charge in [-0.2, -0.15) is 0 Å². The Labute approximate surface area is 126 Å². The van der Waals surface area contributed by atoms with E-state index >= 15 is 0 Å². The molecule has 0 saturated carbocycles. The number of rotatable bonds is 4. The largest absolute Gasteiger partial charge is 0.486 e. The van der Waals surface area contributed by atoms with Crippen LogP contribution in [-0.4, -0.2) is 0 Å². The minimum absolute atomic E-state index is 0.542. The first-order chi connectivity index (χ1) is 8.20. The van der Waals surface area contributed by atoms with Crippen molar-refractivity contribution in [2.75, 3.05) is 0 Å². The van der Waals surface area contributed by atoms with Crippen LogP contribution in [0.4, 0.5) is 0 Å². The van der Waals surface area contributed by atoms with Crippen molar-refractivity contribution >= 4 is 54.8 Å². The van der Waals surface area contributed by atoms with Gasteiger partial charge in [-0.1, -0.05) is 39.7 Å². The van der Waals surface area contributed by atoms with E-state index in [9.17, 15) is 0 Å². The molecule has 2 aromatic rings. The van der Waals surface area contributed by atoms with Crippen LogP contribution in [0.3, 0.4) is 0 Å². The summed E-state index contributed by atoms with van der Waals surface area (Å²) in [6.45, 7) is 0.542. The Hall–Kier alpha value is -0.0300. The molecule has 0 aliphatic heterocycles. The number of benzene rings is 1. The van der Waals surface area contributed by atoms with Gasteiger partial charge in [-0.3, -0.25) is 0 Å². The van der Waals surface area contributed by atoms with E-state index in [0.29, 0.717) is 11.6 Å². The summed E-state index contributed by atoms with van der Waals surface area (Å²) in [6.07, 6.45) is 0. The Kier molecular flexibility index (Phi) is 4.91. The van der Waals surface area contributed by atoms with Crippen LogP contribution in [0.15, 0.2) is 34.1 Å². The summed E-state index contributed by atoms with van der Waals surface area (Å²) < 4.78 is 6.89. The molecule has 0 fully saturated rings. The van der Waals surface area contributed by atoms with Crippen molar-refractivity contribution < 1.29 is 4.74 Å². The standard InChI is InChI=1S/C12H9Br2ClOS/c13-6-8-2-1-3-10(15)12(8)16-7-9-4-5-11(14)17-9/h1-5H,6-7H2. The third-order valence-electron chi connectivity index (χ3n) is 2.18. The maximum atomic E-state index is 6.13. The fourth-order valence-electron chi connectivity index (χ4n) is 1.39. The molecule has 1 nitrogen and oxygen atoms in total. The summed E-state index contributed by atoms with van der Waals surface area (Å²) >= 11 is 14.7. The maximum Gasteiger partial charge on any atom is 0.142 e. The molecule has 1 aromatic carbocycles. The third kappa shape index (κ3) is 3.47. The minimum Gasteiger partial charge on any atom is -0.486 e. The van der Waals surface area contributed by atoms with Gasteiger partial charge in [-0.25, -0.2) is 0 Å². The average Bonchev–Trinajstić information content (AvgIpc) is 2.73. The van der Waals surface area contributed by atoms with E-state index in [2.05, 4.69) is 31.9 Å². The molecule has 0 aliphatic carbocycles. The molecule has 0 unspecified atom stereocenters. The first kappa shape index (κ1) is 13.4. The molecule has 17 heavy (non-hydrogen) atoms. The Balaban J connectivity index is 2.13. The molecule has 0 saturated heterocycles. The molecule has 0 atom stereocenters. The van der Waals surface area contributed by atoms with Crippen molar-refractivity contribution in [2.24, 2.45) is 0 Å². The number of hydrogen-bond donors (Lipinski definition) is 0. The molecule has 0 spiro atoms. The van der Waals surface area contributed by atoms with Crippen molar-refractivity contribution in [3.63, 3.8) is 0 Å². The number of halogens is 3. The van der Waals surface area contributed by atoms with E-state index in [0.717, 1.165) is 25.3 Å². The van der Waals surface area contributed by atoms with E-state index in [1.165, 1.54) is 0 Å². The molecule has 1 aromatic heterocycles. The second-order valence-electron chi connectivity index (χ2n) is 3.36. The lowest BCUT2D eigenvalue weighted by Crippen LogP contribution is -1.96. The number of ether oxygens (including phenoxy) is 1. The van der Waals surface area contributed by atoms with Crippen LogP contribution < -0.4 is 4.74 Å². The van der Waals surface area contributed by atoms with E-state index < -0.39 is 0 Å². The first-order valence-corrected chi connectivity index (χ1v) is 8.02. The van der Waals surface area contributed by atoms with Crippen molar-refractivity contribution in [3.05, 3.63) is 49.6 Å². The van der Waals surface area contributed by atoms with Crippen LogP contribution in [0.2, 0.25) is 5.02 Å². The predicted molar refractivity (Wildman–Crippen MR) is 80.4 cm³/mol. The van der Waals surface area contributed by atoms with Crippen LogP contribution in [0, 0.1) is 0 Å². The molecule has 0 bridgehead atoms. The van der Waals surface area contributed by atoms with Gasteiger partial charge in [0.05, 0.1) is 8.81 Å². The number of alkyl halides is 1.